The fourth-order valence-corrected chi connectivity index (χ4v) is 3.00. The lowest BCUT2D eigenvalue weighted by Gasteiger charge is -2.35. The highest BCUT2D eigenvalue weighted by Gasteiger charge is 2.43. The van der Waals surface area contributed by atoms with Gasteiger partial charge < -0.3 is 0 Å². The number of hydrogen-bond donors (Lipinski definition) is 2. The highest BCUT2D eigenvalue weighted by atomic mass is 19.4. The van der Waals surface area contributed by atoms with Gasteiger partial charge in [-0.2, -0.15) is 13.2 Å². The molecule has 0 saturated heterocycles. The van der Waals surface area contributed by atoms with E-state index in [1.54, 1.807) is 0 Å². The van der Waals surface area contributed by atoms with Crippen molar-refractivity contribution in [2.75, 3.05) is 0 Å². The highest BCUT2D eigenvalue weighted by Crippen LogP contribution is 2.43. The second-order valence-electron chi connectivity index (χ2n) is 5.62. The third kappa shape index (κ3) is 3.58. The van der Waals surface area contributed by atoms with Gasteiger partial charge in [0.05, 0.1) is 5.92 Å². The van der Waals surface area contributed by atoms with Crippen molar-refractivity contribution >= 4 is 0 Å². The number of halogens is 3. The topological polar surface area (TPSA) is 38.0 Å². The van der Waals surface area contributed by atoms with E-state index in [-0.39, 0.29) is 18.4 Å². The van der Waals surface area contributed by atoms with Gasteiger partial charge in [-0.05, 0) is 37.5 Å². The Bertz CT molecular complexity index is 251. The van der Waals surface area contributed by atoms with E-state index in [1.807, 2.05) is 0 Å². The summed E-state index contributed by atoms with van der Waals surface area (Å²) >= 11 is 0. The van der Waals surface area contributed by atoms with Gasteiger partial charge in [-0.3, -0.25) is 11.3 Å². The van der Waals surface area contributed by atoms with E-state index in [0.717, 1.165) is 12.8 Å². The van der Waals surface area contributed by atoms with Crippen molar-refractivity contribution in [1.82, 2.24) is 5.43 Å². The number of rotatable bonds is 4. The average Bonchev–Trinajstić information content (AvgIpc) is 3.09. The number of nitrogens with two attached hydrogens (primary N) is 1. The van der Waals surface area contributed by atoms with Gasteiger partial charge in [0.25, 0.3) is 0 Å². The lowest BCUT2D eigenvalue weighted by molar-refractivity contribution is -0.186. The molecule has 2 aliphatic carbocycles. The van der Waals surface area contributed by atoms with Crippen molar-refractivity contribution in [3.8, 4) is 0 Å². The molecule has 17 heavy (non-hydrogen) atoms. The van der Waals surface area contributed by atoms with Crippen LogP contribution in [0.2, 0.25) is 0 Å². The van der Waals surface area contributed by atoms with Crippen molar-refractivity contribution in [1.29, 1.82) is 0 Å². The maximum Gasteiger partial charge on any atom is 0.391 e. The van der Waals surface area contributed by atoms with Gasteiger partial charge >= 0.3 is 6.18 Å². The lowest BCUT2D eigenvalue weighted by Crippen LogP contribution is -2.44. The first-order chi connectivity index (χ1) is 8.00. The van der Waals surface area contributed by atoms with Crippen LogP contribution in [0.4, 0.5) is 13.2 Å². The Labute approximate surface area is 100 Å². The quantitative estimate of drug-likeness (QED) is 0.594. The molecule has 2 aliphatic rings. The van der Waals surface area contributed by atoms with Crippen molar-refractivity contribution in [3.05, 3.63) is 0 Å². The molecule has 3 N–H and O–H groups in total. The van der Waals surface area contributed by atoms with Crippen LogP contribution in [0.25, 0.3) is 0 Å². The van der Waals surface area contributed by atoms with E-state index in [9.17, 15) is 13.2 Å². The van der Waals surface area contributed by atoms with Crippen LogP contribution in [-0.2, 0) is 0 Å². The van der Waals surface area contributed by atoms with Crippen LogP contribution in [0.3, 0.4) is 0 Å². The van der Waals surface area contributed by atoms with Crippen LogP contribution >= 0.6 is 0 Å². The smallest absolute Gasteiger partial charge is 0.271 e. The monoisotopic (exact) mass is 250 g/mol. The molecule has 0 amide bonds. The summed E-state index contributed by atoms with van der Waals surface area (Å²) in [7, 11) is 0. The van der Waals surface area contributed by atoms with E-state index in [0.29, 0.717) is 18.8 Å². The van der Waals surface area contributed by atoms with Crippen LogP contribution in [0.5, 0.6) is 0 Å². The summed E-state index contributed by atoms with van der Waals surface area (Å²) in [5.41, 5.74) is 2.75. The standard InChI is InChI=1S/C12H21F3N2/c13-12(14,15)10-3-1-2-9(7-10)11(17-16)6-8-4-5-8/h8-11,17H,1-7,16H2. The Balaban J connectivity index is 1.90. The van der Waals surface area contributed by atoms with Gasteiger partial charge in [0.15, 0.2) is 0 Å². The molecule has 3 atom stereocenters. The molecular weight excluding hydrogens is 229 g/mol. The first-order valence-electron chi connectivity index (χ1n) is 6.53. The molecule has 2 fully saturated rings. The normalized spacial score (nSPS) is 32.5. The molecule has 2 nitrogen and oxygen atoms in total. The number of alkyl halides is 3. The largest absolute Gasteiger partial charge is 0.391 e. The second kappa shape index (κ2) is 5.14. The van der Waals surface area contributed by atoms with Crippen LogP contribution in [-0.4, -0.2) is 12.2 Å². The molecule has 0 bridgehead atoms. The molecule has 3 unspecified atom stereocenters. The second-order valence-corrected chi connectivity index (χ2v) is 5.62. The molecule has 0 aromatic carbocycles. The Morgan fingerprint density at radius 2 is 1.88 bits per heavy atom. The van der Waals surface area contributed by atoms with Gasteiger partial charge in [0.1, 0.15) is 0 Å². The van der Waals surface area contributed by atoms with Gasteiger partial charge in [-0.15, -0.1) is 0 Å². The van der Waals surface area contributed by atoms with Crippen LogP contribution < -0.4 is 11.3 Å². The predicted molar refractivity (Wildman–Crippen MR) is 60.0 cm³/mol. The van der Waals surface area contributed by atoms with E-state index in [4.69, 9.17) is 5.84 Å². The zero-order chi connectivity index (χ0) is 12.5. The van der Waals surface area contributed by atoms with Crippen LogP contribution in [0.1, 0.15) is 44.9 Å². The summed E-state index contributed by atoms with van der Waals surface area (Å²) in [6.07, 6.45) is 1.46. The van der Waals surface area contributed by atoms with Crippen molar-refractivity contribution in [2.24, 2.45) is 23.6 Å². The molecule has 0 radical (unpaired) electrons. The molecule has 0 aliphatic heterocycles. The Hall–Kier alpha value is -0.290. The van der Waals surface area contributed by atoms with Crippen LogP contribution in [0, 0.1) is 17.8 Å². The summed E-state index contributed by atoms with van der Waals surface area (Å²) in [6, 6.07) is 0.0765. The minimum absolute atomic E-state index is 0.0765. The molecule has 100 valence electrons. The maximum absolute atomic E-state index is 12.7. The summed E-state index contributed by atoms with van der Waals surface area (Å²) in [4.78, 5) is 0. The molecule has 0 spiro atoms. The Morgan fingerprint density at radius 3 is 2.41 bits per heavy atom. The van der Waals surface area contributed by atoms with Gasteiger partial charge in [-0.25, -0.2) is 0 Å². The third-order valence-corrected chi connectivity index (χ3v) is 4.24. The third-order valence-electron chi connectivity index (χ3n) is 4.24. The maximum atomic E-state index is 12.7. The fourth-order valence-electron chi connectivity index (χ4n) is 3.00. The summed E-state index contributed by atoms with van der Waals surface area (Å²) in [6.45, 7) is 0. The molecule has 0 aromatic heterocycles. The molecule has 0 heterocycles. The average molecular weight is 250 g/mol. The number of nitrogens with one attached hydrogen (secondary N) is 1. The van der Waals surface area contributed by atoms with Crippen LogP contribution in [0.15, 0.2) is 0 Å². The van der Waals surface area contributed by atoms with Crippen molar-refractivity contribution < 1.29 is 13.2 Å². The summed E-state index contributed by atoms with van der Waals surface area (Å²) in [5, 5.41) is 0. The first-order valence-corrected chi connectivity index (χ1v) is 6.53. The van der Waals surface area contributed by atoms with Gasteiger partial charge in [0, 0.05) is 6.04 Å². The highest BCUT2D eigenvalue weighted by molar-refractivity contribution is 4.88. The predicted octanol–water partition coefficient (Wildman–Crippen LogP) is 2.99. The van der Waals surface area contributed by atoms with E-state index in [1.165, 1.54) is 12.8 Å². The molecule has 0 aromatic rings. The summed E-state index contributed by atoms with van der Waals surface area (Å²) < 4.78 is 38.1. The molecular formula is C12H21F3N2. The zero-order valence-corrected chi connectivity index (χ0v) is 9.97. The fraction of sp³-hybridized carbons (Fsp3) is 1.00. The molecule has 2 saturated carbocycles. The van der Waals surface area contributed by atoms with Gasteiger partial charge in [-0.1, -0.05) is 19.3 Å². The van der Waals surface area contributed by atoms with E-state index < -0.39 is 12.1 Å². The molecule has 2 rings (SSSR count). The summed E-state index contributed by atoms with van der Waals surface area (Å²) in [5.74, 6) is 5.18. The first kappa shape index (κ1) is 13.1. The Kier molecular flexibility index (Phi) is 3.98. The van der Waals surface area contributed by atoms with Crippen molar-refractivity contribution in [3.63, 3.8) is 0 Å². The zero-order valence-electron chi connectivity index (χ0n) is 9.97. The Morgan fingerprint density at radius 1 is 1.18 bits per heavy atom. The minimum Gasteiger partial charge on any atom is -0.271 e. The number of hydrazine groups is 1. The van der Waals surface area contributed by atoms with E-state index in [2.05, 4.69) is 5.43 Å². The van der Waals surface area contributed by atoms with E-state index >= 15 is 0 Å². The lowest BCUT2D eigenvalue weighted by atomic mass is 9.76. The number of hydrogen-bond acceptors (Lipinski definition) is 2. The van der Waals surface area contributed by atoms with Crippen molar-refractivity contribution in [2.45, 2.75) is 57.2 Å². The molecule has 5 heteroatoms. The minimum atomic E-state index is -4.03. The van der Waals surface area contributed by atoms with Gasteiger partial charge in [0.2, 0.25) is 0 Å². The SMILES string of the molecule is NNC(CC1CC1)C1CCCC(C(F)(F)F)C1.